The Morgan fingerprint density at radius 2 is 2.11 bits per heavy atom. The fourth-order valence-corrected chi connectivity index (χ4v) is 2.50. The number of amides is 1. The second-order valence-electron chi connectivity index (χ2n) is 5.36. The van der Waals surface area contributed by atoms with Crippen molar-refractivity contribution >= 4 is 11.9 Å². The quantitative estimate of drug-likeness (QED) is 0.677. The number of likely N-dealkylation sites (N-methyl/N-ethyl adjacent to an activating group) is 1. The second kappa shape index (κ2) is 6.34. The zero-order valence-corrected chi connectivity index (χ0v) is 11.3. The molecule has 1 aliphatic carbocycles. The van der Waals surface area contributed by atoms with E-state index in [1.165, 1.54) is 4.90 Å². The van der Waals surface area contributed by atoms with Crippen LogP contribution in [0.5, 0.6) is 0 Å². The summed E-state index contributed by atoms with van der Waals surface area (Å²) < 4.78 is 5.36. The van der Waals surface area contributed by atoms with Gasteiger partial charge in [-0.3, -0.25) is 9.59 Å². The molecule has 0 radical (unpaired) electrons. The van der Waals surface area contributed by atoms with Crippen molar-refractivity contribution in [3.63, 3.8) is 0 Å². The van der Waals surface area contributed by atoms with Crippen LogP contribution in [0.15, 0.2) is 0 Å². The van der Waals surface area contributed by atoms with E-state index < -0.39 is 5.97 Å². The number of hydrogen-bond donors (Lipinski definition) is 2. The highest BCUT2D eigenvalue weighted by Gasteiger charge is 2.38. The molecular formula is C13H22N2O4. The van der Waals surface area contributed by atoms with E-state index in [-0.39, 0.29) is 24.4 Å². The minimum atomic E-state index is -0.951. The molecule has 2 unspecified atom stereocenters. The Morgan fingerprint density at radius 1 is 1.37 bits per heavy atom. The molecule has 0 bridgehead atoms. The van der Waals surface area contributed by atoms with Crippen LogP contribution in [0, 0.1) is 11.8 Å². The number of ether oxygens (including phenoxy) is 1. The number of carbonyl (C=O) groups is 2. The highest BCUT2D eigenvalue weighted by atomic mass is 16.5. The lowest BCUT2D eigenvalue weighted by molar-refractivity contribution is -0.146. The van der Waals surface area contributed by atoms with Crippen LogP contribution in [0.4, 0.5) is 0 Å². The molecule has 6 nitrogen and oxygen atoms in total. The van der Waals surface area contributed by atoms with Gasteiger partial charge in [0.05, 0.1) is 19.1 Å². The van der Waals surface area contributed by atoms with Crippen molar-refractivity contribution < 1.29 is 19.4 Å². The first-order chi connectivity index (χ1) is 9.11. The second-order valence-corrected chi connectivity index (χ2v) is 5.36. The van der Waals surface area contributed by atoms with Crippen LogP contribution in [-0.2, 0) is 14.3 Å². The Balaban J connectivity index is 1.97. The molecule has 2 N–H and O–H groups in total. The Labute approximate surface area is 113 Å². The summed E-state index contributed by atoms with van der Waals surface area (Å²) in [5, 5.41) is 12.2. The van der Waals surface area contributed by atoms with Gasteiger partial charge in [0, 0.05) is 12.6 Å². The minimum absolute atomic E-state index is 0.00741. The zero-order valence-electron chi connectivity index (χ0n) is 11.3. The van der Waals surface area contributed by atoms with Gasteiger partial charge in [-0.25, -0.2) is 0 Å². The van der Waals surface area contributed by atoms with Gasteiger partial charge in [-0.05, 0) is 25.3 Å². The van der Waals surface area contributed by atoms with Crippen molar-refractivity contribution in [2.24, 2.45) is 11.8 Å². The molecule has 0 spiro atoms. The summed E-state index contributed by atoms with van der Waals surface area (Å²) in [6, 6.07) is 0.00741. The largest absolute Gasteiger partial charge is 0.480 e. The maximum absolute atomic E-state index is 12.5. The van der Waals surface area contributed by atoms with E-state index in [9.17, 15) is 9.59 Å². The molecule has 0 aromatic rings. The fourth-order valence-electron chi connectivity index (χ4n) is 2.50. The Hall–Kier alpha value is -1.14. The van der Waals surface area contributed by atoms with E-state index in [1.54, 1.807) is 0 Å². The van der Waals surface area contributed by atoms with Crippen molar-refractivity contribution in [2.45, 2.75) is 25.8 Å². The standard InChI is InChI=1S/C13H22N2O4/c1-2-14-11-8-19-7-10(11)13(18)15(6-12(16)17)5-9-3-4-9/h9-11,14H,2-8H2,1H3,(H,16,17). The molecular weight excluding hydrogens is 248 g/mol. The van der Waals surface area contributed by atoms with Crippen molar-refractivity contribution in [3.05, 3.63) is 0 Å². The lowest BCUT2D eigenvalue weighted by Gasteiger charge is -2.26. The van der Waals surface area contributed by atoms with Crippen LogP contribution in [0.3, 0.4) is 0 Å². The molecule has 1 saturated heterocycles. The third kappa shape index (κ3) is 3.91. The molecule has 2 fully saturated rings. The van der Waals surface area contributed by atoms with Crippen molar-refractivity contribution in [1.82, 2.24) is 10.2 Å². The highest BCUT2D eigenvalue weighted by Crippen LogP contribution is 2.30. The zero-order chi connectivity index (χ0) is 13.8. The molecule has 2 atom stereocenters. The van der Waals surface area contributed by atoms with Crippen LogP contribution >= 0.6 is 0 Å². The SMILES string of the molecule is CCNC1COCC1C(=O)N(CC(=O)O)CC1CC1. The molecule has 1 saturated carbocycles. The predicted octanol–water partition coefficient (Wildman–Crippen LogP) is -0.0659. The van der Waals surface area contributed by atoms with Crippen molar-refractivity contribution in [2.75, 3.05) is 32.8 Å². The molecule has 2 aliphatic rings. The van der Waals surface area contributed by atoms with E-state index in [1.807, 2.05) is 6.92 Å². The van der Waals surface area contributed by atoms with Crippen LogP contribution in [0.1, 0.15) is 19.8 Å². The van der Waals surface area contributed by atoms with Crippen LogP contribution in [-0.4, -0.2) is 60.8 Å². The van der Waals surface area contributed by atoms with Gasteiger partial charge in [0.25, 0.3) is 0 Å². The summed E-state index contributed by atoms with van der Waals surface area (Å²) in [5.74, 6) is -0.799. The number of carbonyl (C=O) groups excluding carboxylic acids is 1. The Bertz CT molecular complexity index is 344. The van der Waals surface area contributed by atoms with Gasteiger partial charge in [-0.1, -0.05) is 6.92 Å². The van der Waals surface area contributed by atoms with Crippen LogP contribution < -0.4 is 5.32 Å². The van der Waals surface area contributed by atoms with Gasteiger partial charge in [-0.2, -0.15) is 0 Å². The average molecular weight is 270 g/mol. The summed E-state index contributed by atoms with van der Waals surface area (Å²) in [4.78, 5) is 24.9. The van der Waals surface area contributed by atoms with Gasteiger partial charge in [0.15, 0.2) is 0 Å². The third-order valence-corrected chi connectivity index (χ3v) is 3.68. The van der Waals surface area contributed by atoms with Gasteiger partial charge >= 0.3 is 5.97 Å². The van der Waals surface area contributed by atoms with E-state index in [2.05, 4.69) is 5.32 Å². The summed E-state index contributed by atoms with van der Waals surface area (Å²) >= 11 is 0. The van der Waals surface area contributed by atoms with Gasteiger partial charge in [-0.15, -0.1) is 0 Å². The van der Waals surface area contributed by atoms with Crippen molar-refractivity contribution in [1.29, 1.82) is 0 Å². The lowest BCUT2D eigenvalue weighted by atomic mass is 10.0. The molecule has 0 aromatic carbocycles. The highest BCUT2D eigenvalue weighted by molar-refractivity contribution is 5.84. The normalized spacial score (nSPS) is 26.4. The third-order valence-electron chi connectivity index (χ3n) is 3.68. The molecule has 19 heavy (non-hydrogen) atoms. The fraction of sp³-hybridized carbons (Fsp3) is 0.846. The number of nitrogens with one attached hydrogen (secondary N) is 1. The molecule has 6 heteroatoms. The molecule has 1 amide bonds. The monoisotopic (exact) mass is 270 g/mol. The average Bonchev–Trinajstić information content (AvgIpc) is 3.05. The van der Waals surface area contributed by atoms with Crippen molar-refractivity contribution in [3.8, 4) is 0 Å². The smallest absolute Gasteiger partial charge is 0.323 e. The van der Waals surface area contributed by atoms with E-state index in [0.29, 0.717) is 25.7 Å². The van der Waals surface area contributed by atoms with E-state index in [4.69, 9.17) is 9.84 Å². The van der Waals surface area contributed by atoms with Gasteiger partial charge < -0.3 is 20.1 Å². The lowest BCUT2D eigenvalue weighted by Crippen LogP contribution is -2.47. The topological polar surface area (TPSA) is 78.9 Å². The first kappa shape index (κ1) is 14.3. The summed E-state index contributed by atoms with van der Waals surface area (Å²) in [7, 11) is 0. The van der Waals surface area contributed by atoms with Crippen LogP contribution in [0.25, 0.3) is 0 Å². The summed E-state index contributed by atoms with van der Waals surface area (Å²) in [5.41, 5.74) is 0. The molecule has 0 aromatic heterocycles. The summed E-state index contributed by atoms with van der Waals surface area (Å²) in [6.07, 6.45) is 2.20. The number of nitrogens with zero attached hydrogens (tertiary/aromatic N) is 1. The van der Waals surface area contributed by atoms with Gasteiger partial charge in [0.2, 0.25) is 5.91 Å². The maximum atomic E-state index is 12.5. The first-order valence-electron chi connectivity index (χ1n) is 6.93. The molecule has 1 heterocycles. The number of hydrogen-bond acceptors (Lipinski definition) is 4. The molecule has 1 aliphatic heterocycles. The van der Waals surface area contributed by atoms with E-state index >= 15 is 0 Å². The van der Waals surface area contributed by atoms with Crippen LogP contribution in [0.2, 0.25) is 0 Å². The predicted molar refractivity (Wildman–Crippen MR) is 68.7 cm³/mol. The number of carboxylic acid groups (broad SMARTS) is 1. The van der Waals surface area contributed by atoms with Gasteiger partial charge in [0.1, 0.15) is 6.54 Å². The Morgan fingerprint density at radius 3 is 2.68 bits per heavy atom. The molecule has 108 valence electrons. The molecule has 2 rings (SSSR count). The number of aliphatic carboxylic acids is 1. The summed E-state index contributed by atoms with van der Waals surface area (Å²) in [6.45, 7) is 4.04. The number of rotatable bonds is 7. The minimum Gasteiger partial charge on any atom is -0.480 e. The first-order valence-corrected chi connectivity index (χ1v) is 6.93. The number of carboxylic acids is 1. The maximum Gasteiger partial charge on any atom is 0.323 e. The Kier molecular flexibility index (Phi) is 4.76. The van der Waals surface area contributed by atoms with E-state index in [0.717, 1.165) is 19.4 Å².